The van der Waals surface area contributed by atoms with E-state index in [9.17, 15) is 13.2 Å². The van der Waals surface area contributed by atoms with E-state index < -0.39 is 9.84 Å². The summed E-state index contributed by atoms with van der Waals surface area (Å²) in [6.07, 6.45) is 3.30. The molecule has 0 aliphatic heterocycles. The second-order valence-corrected chi connectivity index (χ2v) is 7.89. The molecular formula is C15H21NO3S. The van der Waals surface area contributed by atoms with E-state index in [1.807, 2.05) is 4.90 Å². The lowest BCUT2D eigenvalue weighted by molar-refractivity contribution is 0.0722. The van der Waals surface area contributed by atoms with Gasteiger partial charge in [-0.05, 0) is 43.0 Å². The third-order valence-electron chi connectivity index (χ3n) is 3.34. The Hall–Kier alpha value is -1.36. The van der Waals surface area contributed by atoms with Crippen LogP contribution in [0, 0.1) is 5.92 Å². The van der Waals surface area contributed by atoms with Crippen LogP contribution in [0.5, 0.6) is 0 Å². The normalized spacial score (nSPS) is 15.4. The zero-order chi connectivity index (χ0) is 14.9. The van der Waals surface area contributed by atoms with Gasteiger partial charge in [-0.25, -0.2) is 8.42 Å². The summed E-state index contributed by atoms with van der Waals surface area (Å²) in [6.45, 7) is 4.93. The summed E-state index contributed by atoms with van der Waals surface area (Å²) in [4.78, 5) is 14.7. The third kappa shape index (κ3) is 3.60. The Bertz CT molecular complexity index is 586. The van der Waals surface area contributed by atoms with Crippen LogP contribution in [-0.2, 0) is 9.84 Å². The zero-order valence-corrected chi connectivity index (χ0v) is 13.0. The first-order valence-electron chi connectivity index (χ1n) is 6.90. The van der Waals surface area contributed by atoms with Crippen LogP contribution in [0.25, 0.3) is 0 Å². The molecule has 1 aromatic rings. The summed E-state index contributed by atoms with van der Waals surface area (Å²) >= 11 is 0. The third-order valence-corrected chi connectivity index (χ3v) is 4.47. The van der Waals surface area contributed by atoms with Crippen molar-refractivity contribution in [2.24, 2.45) is 5.92 Å². The second-order valence-electron chi connectivity index (χ2n) is 5.88. The zero-order valence-electron chi connectivity index (χ0n) is 12.2. The number of hydrogen-bond acceptors (Lipinski definition) is 3. The van der Waals surface area contributed by atoms with E-state index in [4.69, 9.17) is 0 Å². The van der Waals surface area contributed by atoms with Crippen LogP contribution >= 0.6 is 0 Å². The minimum Gasteiger partial charge on any atom is -0.335 e. The van der Waals surface area contributed by atoms with Crippen molar-refractivity contribution >= 4 is 15.7 Å². The molecule has 1 aliphatic rings. The quantitative estimate of drug-likeness (QED) is 0.838. The highest BCUT2D eigenvalue weighted by Crippen LogP contribution is 2.29. The van der Waals surface area contributed by atoms with Crippen molar-refractivity contribution in [3.63, 3.8) is 0 Å². The Balaban J connectivity index is 2.19. The standard InChI is InChI=1S/C15H21NO3S/c1-11(2)10-16(13-6-7-13)15(17)12-4-8-14(9-5-12)20(3,18)19/h4-5,8-9,11,13H,6-7,10H2,1-3H3. The number of benzene rings is 1. The van der Waals surface area contributed by atoms with Crippen molar-refractivity contribution in [1.29, 1.82) is 0 Å². The highest BCUT2D eigenvalue weighted by molar-refractivity contribution is 7.90. The maximum atomic E-state index is 12.5. The molecular weight excluding hydrogens is 274 g/mol. The molecule has 4 nitrogen and oxygen atoms in total. The van der Waals surface area contributed by atoms with Gasteiger partial charge in [0.1, 0.15) is 0 Å². The molecule has 20 heavy (non-hydrogen) atoms. The van der Waals surface area contributed by atoms with Crippen molar-refractivity contribution in [3.05, 3.63) is 29.8 Å². The van der Waals surface area contributed by atoms with Crippen LogP contribution in [0.15, 0.2) is 29.2 Å². The molecule has 1 aliphatic carbocycles. The summed E-state index contributed by atoms with van der Waals surface area (Å²) < 4.78 is 22.8. The molecule has 0 saturated heterocycles. The Morgan fingerprint density at radius 3 is 2.20 bits per heavy atom. The molecule has 0 spiro atoms. The molecule has 1 fully saturated rings. The van der Waals surface area contributed by atoms with E-state index in [0.29, 0.717) is 17.5 Å². The van der Waals surface area contributed by atoms with Crippen molar-refractivity contribution < 1.29 is 13.2 Å². The largest absolute Gasteiger partial charge is 0.335 e. The Labute approximate surface area is 120 Å². The molecule has 110 valence electrons. The van der Waals surface area contributed by atoms with E-state index in [-0.39, 0.29) is 10.8 Å². The van der Waals surface area contributed by atoms with Gasteiger partial charge >= 0.3 is 0 Å². The molecule has 0 radical (unpaired) electrons. The van der Waals surface area contributed by atoms with Gasteiger partial charge in [0, 0.05) is 24.4 Å². The Kier molecular flexibility index (Phi) is 4.18. The molecule has 0 atom stereocenters. The highest BCUT2D eigenvalue weighted by Gasteiger charge is 2.33. The lowest BCUT2D eigenvalue weighted by atomic mass is 10.1. The summed E-state index contributed by atoms with van der Waals surface area (Å²) in [6, 6.07) is 6.58. The van der Waals surface area contributed by atoms with Gasteiger partial charge in [0.05, 0.1) is 4.90 Å². The first kappa shape index (κ1) is 15.0. The van der Waals surface area contributed by atoms with Crippen LogP contribution in [0.4, 0.5) is 0 Å². The summed E-state index contributed by atoms with van der Waals surface area (Å²) in [5.74, 6) is 0.427. The minimum atomic E-state index is -3.21. The summed E-state index contributed by atoms with van der Waals surface area (Å²) in [7, 11) is -3.21. The minimum absolute atomic E-state index is 0.00116. The molecule has 1 saturated carbocycles. The first-order chi connectivity index (χ1) is 9.29. The van der Waals surface area contributed by atoms with Gasteiger partial charge in [-0.15, -0.1) is 0 Å². The topological polar surface area (TPSA) is 54.5 Å². The van der Waals surface area contributed by atoms with Crippen LogP contribution in [0.1, 0.15) is 37.0 Å². The second kappa shape index (κ2) is 5.56. The van der Waals surface area contributed by atoms with Crippen molar-refractivity contribution in [2.45, 2.75) is 37.6 Å². The number of sulfone groups is 1. The van der Waals surface area contributed by atoms with Gasteiger partial charge in [-0.3, -0.25) is 4.79 Å². The highest BCUT2D eigenvalue weighted by atomic mass is 32.2. The summed E-state index contributed by atoms with van der Waals surface area (Å²) in [5.41, 5.74) is 0.560. The van der Waals surface area contributed by atoms with E-state index in [0.717, 1.165) is 19.4 Å². The molecule has 0 heterocycles. The van der Waals surface area contributed by atoms with Gasteiger partial charge in [-0.1, -0.05) is 13.8 Å². The lowest BCUT2D eigenvalue weighted by Crippen LogP contribution is -2.36. The molecule has 0 bridgehead atoms. The van der Waals surface area contributed by atoms with Gasteiger partial charge in [0.25, 0.3) is 5.91 Å². The first-order valence-corrected chi connectivity index (χ1v) is 8.79. The predicted octanol–water partition coefficient (Wildman–Crippen LogP) is 2.35. The molecule has 2 rings (SSSR count). The smallest absolute Gasteiger partial charge is 0.254 e. The molecule has 1 amide bonds. The van der Waals surface area contributed by atoms with Crippen molar-refractivity contribution in [2.75, 3.05) is 12.8 Å². The fourth-order valence-corrected chi connectivity index (χ4v) is 2.82. The Morgan fingerprint density at radius 1 is 1.25 bits per heavy atom. The van der Waals surface area contributed by atoms with Gasteiger partial charge < -0.3 is 4.90 Å². The number of carbonyl (C=O) groups excluding carboxylic acids is 1. The average molecular weight is 295 g/mol. The van der Waals surface area contributed by atoms with Gasteiger partial charge in [0.2, 0.25) is 0 Å². The van der Waals surface area contributed by atoms with Crippen molar-refractivity contribution in [3.8, 4) is 0 Å². The predicted molar refractivity (Wildman–Crippen MR) is 78.4 cm³/mol. The molecule has 1 aromatic carbocycles. The van der Waals surface area contributed by atoms with Crippen LogP contribution in [-0.4, -0.2) is 38.1 Å². The number of amides is 1. The van der Waals surface area contributed by atoms with Crippen LogP contribution in [0.3, 0.4) is 0 Å². The molecule has 5 heteroatoms. The maximum Gasteiger partial charge on any atom is 0.254 e. The van der Waals surface area contributed by atoms with E-state index in [2.05, 4.69) is 13.8 Å². The maximum absolute atomic E-state index is 12.5. The average Bonchev–Trinajstić information content (AvgIpc) is 3.18. The van der Waals surface area contributed by atoms with E-state index in [1.165, 1.54) is 18.4 Å². The summed E-state index contributed by atoms with van der Waals surface area (Å²) in [5, 5.41) is 0. The fraction of sp³-hybridized carbons (Fsp3) is 0.533. The molecule has 0 aromatic heterocycles. The lowest BCUT2D eigenvalue weighted by Gasteiger charge is -2.24. The van der Waals surface area contributed by atoms with E-state index in [1.54, 1.807) is 12.1 Å². The SMILES string of the molecule is CC(C)CN(C(=O)c1ccc(S(C)(=O)=O)cc1)C1CC1. The monoisotopic (exact) mass is 295 g/mol. The Morgan fingerprint density at radius 2 is 1.80 bits per heavy atom. The number of nitrogens with zero attached hydrogens (tertiary/aromatic N) is 1. The molecule has 0 unspecified atom stereocenters. The van der Waals surface area contributed by atoms with Crippen LogP contribution in [0.2, 0.25) is 0 Å². The van der Waals surface area contributed by atoms with Gasteiger partial charge in [0.15, 0.2) is 9.84 Å². The van der Waals surface area contributed by atoms with Gasteiger partial charge in [-0.2, -0.15) is 0 Å². The number of rotatable bonds is 5. The van der Waals surface area contributed by atoms with Crippen molar-refractivity contribution in [1.82, 2.24) is 4.90 Å². The van der Waals surface area contributed by atoms with Crippen LogP contribution < -0.4 is 0 Å². The van der Waals surface area contributed by atoms with E-state index >= 15 is 0 Å². The molecule has 0 N–H and O–H groups in total. The number of carbonyl (C=O) groups is 1. The number of hydrogen-bond donors (Lipinski definition) is 0. The fourth-order valence-electron chi connectivity index (χ4n) is 2.19.